The molecule has 126 valence electrons. The molecule has 0 unspecified atom stereocenters. The predicted octanol–water partition coefficient (Wildman–Crippen LogP) is 2.37. The van der Waals surface area contributed by atoms with Gasteiger partial charge in [0.1, 0.15) is 11.4 Å². The molecule has 2 aliphatic heterocycles. The lowest BCUT2D eigenvalue weighted by Crippen LogP contribution is -2.13. The van der Waals surface area contributed by atoms with E-state index in [1.54, 1.807) is 12.1 Å². The van der Waals surface area contributed by atoms with Gasteiger partial charge in [0.2, 0.25) is 11.6 Å². The van der Waals surface area contributed by atoms with Crippen LogP contribution in [0.1, 0.15) is 26.3 Å². The fourth-order valence-electron chi connectivity index (χ4n) is 2.94. The Labute approximate surface area is 143 Å². The lowest BCUT2D eigenvalue weighted by molar-refractivity contribution is 0.101. The average molecular weight is 356 g/mol. The van der Waals surface area contributed by atoms with Gasteiger partial charge in [-0.2, -0.15) is 8.42 Å². The second-order valence-electron chi connectivity index (χ2n) is 5.89. The molecule has 3 N–H and O–H groups in total. The molecule has 8 heteroatoms. The maximum atomic E-state index is 12.6. The molecule has 25 heavy (non-hydrogen) atoms. The van der Waals surface area contributed by atoms with Crippen molar-refractivity contribution in [3.8, 4) is 0 Å². The topological polar surface area (TPSA) is 113 Å². The summed E-state index contributed by atoms with van der Waals surface area (Å²) in [6.45, 7) is 1.87. The Hall–Kier alpha value is -2.97. The van der Waals surface area contributed by atoms with Crippen LogP contribution in [0.15, 0.2) is 52.7 Å². The monoisotopic (exact) mass is 356 g/mol. The summed E-state index contributed by atoms with van der Waals surface area (Å²) in [5.74, 6) is -0.821. The number of carbonyl (C=O) groups is 2. The van der Waals surface area contributed by atoms with Crippen LogP contribution in [0.25, 0.3) is 0 Å². The predicted molar refractivity (Wildman–Crippen MR) is 90.4 cm³/mol. The van der Waals surface area contributed by atoms with Gasteiger partial charge in [-0.1, -0.05) is 11.6 Å². The van der Waals surface area contributed by atoms with Crippen LogP contribution < -0.4 is 10.6 Å². The van der Waals surface area contributed by atoms with Crippen molar-refractivity contribution < 1.29 is 22.6 Å². The molecule has 7 nitrogen and oxygen atoms in total. The van der Waals surface area contributed by atoms with Gasteiger partial charge < -0.3 is 10.6 Å². The molecule has 2 heterocycles. The third kappa shape index (κ3) is 2.34. The second-order valence-corrected chi connectivity index (χ2v) is 7.31. The molecule has 2 aromatic carbocycles. The van der Waals surface area contributed by atoms with Crippen molar-refractivity contribution in [2.24, 2.45) is 0 Å². The van der Waals surface area contributed by atoms with E-state index in [-0.39, 0.29) is 27.6 Å². The smallest absolute Gasteiger partial charge is 0.294 e. The van der Waals surface area contributed by atoms with Crippen LogP contribution >= 0.6 is 0 Å². The van der Waals surface area contributed by atoms with Gasteiger partial charge in [-0.25, -0.2) is 0 Å². The molecule has 0 fully saturated rings. The van der Waals surface area contributed by atoms with Crippen LogP contribution in [0.4, 0.5) is 11.4 Å². The Kier molecular flexibility index (Phi) is 3.12. The molecular weight excluding hydrogens is 344 g/mol. The third-order valence-corrected chi connectivity index (χ3v) is 5.03. The molecule has 0 radical (unpaired) electrons. The van der Waals surface area contributed by atoms with Crippen LogP contribution in [-0.4, -0.2) is 24.5 Å². The maximum absolute atomic E-state index is 12.6. The van der Waals surface area contributed by atoms with E-state index in [9.17, 15) is 18.0 Å². The minimum Gasteiger partial charge on any atom is -0.350 e. The first kappa shape index (κ1) is 15.6. The van der Waals surface area contributed by atoms with Gasteiger partial charge in [-0.15, -0.1) is 0 Å². The zero-order valence-electron chi connectivity index (χ0n) is 13.0. The molecule has 2 aromatic rings. The first-order chi connectivity index (χ1) is 11.8. The largest absolute Gasteiger partial charge is 0.350 e. The van der Waals surface area contributed by atoms with E-state index in [0.717, 1.165) is 11.6 Å². The SMILES string of the molecule is Cc1ccc2c(c1)C(=O)/C(=C1\Nc3ccc(S(=O)(=O)O)cc3C1=O)N2. The van der Waals surface area contributed by atoms with Gasteiger partial charge in [-0.05, 0) is 37.3 Å². The van der Waals surface area contributed by atoms with Crippen LogP contribution in [0, 0.1) is 6.92 Å². The summed E-state index contributed by atoms with van der Waals surface area (Å²) in [6, 6.07) is 9.00. The third-order valence-electron chi connectivity index (χ3n) is 4.18. The van der Waals surface area contributed by atoms with Crippen LogP contribution in [-0.2, 0) is 10.1 Å². The zero-order valence-corrected chi connectivity index (χ0v) is 13.8. The molecule has 0 saturated carbocycles. The van der Waals surface area contributed by atoms with Crippen molar-refractivity contribution in [2.75, 3.05) is 10.6 Å². The number of anilines is 2. The standard InChI is InChI=1S/C17H12N2O5S/c1-8-2-4-12-10(6-8)16(20)14(18-12)15-17(21)11-7-9(25(22,23)24)3-5-13(11)19-15/h2-7,18-19H,1H3,(H,22,23,24)/b15-14+. The maximum Gasteiger partial charge on any atom is 0.294 e. The molecule has 0 atom stereocenters. The minimum atomic E-state index is -4.42. The van der Waals surface area contributed by atoms with Gasteiger partial charge in [0.15, 0.2) is 0 Å². The number of nitrogens with one attached hydrogen (secondary N) is 2. The van der Waals surface area contributed by atoms with Crippen molar-refractivity contribution in [1.82, 2.24) is 0 Å². The summed E-state index contributed by atoms with van der Waals surface area (Å²) in [6.07, 6.45) is 0. The summed E-state index contributed by atoms with van der Waals surface area (Å²) in [7, 11) is -4.42. The Morgan fingerprint density at radius 3 is 1.92 bits per heavy atom. The summed E-state index contributed by atoms with van der Waals surface area (Å²) in [5.41, 5.74) is 2.65. The number of benzene rings is 2. The number of hydrogen-bond donors (Lipinski definition) is 3. The molecular formula is C17H12N2O5S. The van der Waals surface area contributed by atoms with Gasteiger partial charge in [-0.3, -0.25) is 14.1 Å². The van der Waals surface area contributed by atoms with Crippen molar-refractivity contribution in [3.63, 3.8) is 0 Å². The van der Waals surface area contributed by atoms with Crippen molar-refractivity contribution >= 4 is 33.1 Å². The first-order valence-corrected chi connectivity index (χ1v) is 8.79. The van der Waals surface area contributed by atoms with E-state index >= 15 is 0 Å². The number of rotatable bonds is 1. The van der Waals surface area contributed by atoms with E-state index in [0.29, 0.717) is 16.9 Å². The first-order valence-electron chi connectivity index (χ1n) is 7.35. The highest BCUT2D eigenvalue weighted by molar-refractivity contribution is 7.85. The highest BCUT2D eigenvalue weighted by Crippen LogP contribution is 2.36. The van der Waals surface area contributed by atoms with Gasteiger partial charge in [0.25, 0.3) is 10.1 Å². The summed E-state index contributed by atoms with van der Waals surface area (Å²) < 4.78 is 31.6. The van der Waals surface area contributed by atoms with E-state index < -0.39 is 15.9 Å². The Morgan fingerprint density at radius 1 is 0.840 bits per heavy atom. The van der Waals surface area contributed by atoms with Crippen LogP contribution in [0.5, 0.6) is 0 Å². The minimum absolute atomic E-state index is 0.0568. The Morgan fingerprint density at radius 2 is 1.36 bits per heavy atom. The molecule has 2 aliphatic rings. The van der Waals surface area contributed by atoms with Gasteiger partial charge >= 0.3 is 0 Å². The number of ketones is 2. The number of Topliss-reactive ketones (excluding diaryl/α,β-unsaturated/α-hetero) is 2. The average Bonchev–Trinajstić information content (AvgIpc) is 3.04. The highest BCUT2D eigenvalue weighted by atomic mass is 32.2. The number of aryl methyl sites for hydroxylation is 1. The Balaban J connectivity index is 1.80. The lowest BCUT2D eigenvalue weighted by Gasteiger charge is -2.03. The van der Waals surface area contributed by atoms with Crippen molar-refractivity contribution in [3.05, 3.63) is 64.5 Å². The fourth-order valence-corrected chi connectivity index (χ4v) is 3.45. The number of fused-ring (bicyclic) bond motifs is 2. The fraction of sp³-hybridized carbons (Fsp3) is 0.0588. The molecule has 0 bridgehead atoms. The number of allylic oxidation sites excluding steroid dienone is 2. The molecule has 0 aliphatic carbocycles. The van der Waals surface area contributed by atoms with Crippen LogP contribution in [0.2, 0.25) is 0 Å². The lowest BCUT2D eigenvalue weighted by atomic mass is 10.1. The van der Waals surface area contributed by atoms with E-state index in [4.69, 9.17) is 4.55 Å². The number of hydrogen-bond acceptors (Lipinski definition) is 6. The summed E-state index contributed by atoms with van der Waals surface area (Å²) in [4.78, 5) is 24.9. The van der Waals surface area contributed by atoms with E-state index in [1.165, 1.54) is 12.1 Å². The molecule has 0 spiro atoms. The summed E-state index contributed by atoms with van der Waals surface area (Å²) in [5, 5.41) is 5.80. The normalized spacial score (nSPS) is 18.6. The van der Waals surface area contributed by atoms with E-state index in [1.807, 2.05) is 13.0 Å². The highest BCUT2D eigenvalue weighted by Gasteiger charge is 2.35. The van der Waals surface area contributed by atoms with Crippen LogP contribution in [0.3, 0.4) is 0 Å². The number of carbonyl (C=O) groups excluding carboxylic acids is 2. The van der Waals surface area contributed by atoms with Gasteiger partial charge in [0.05, 0.1) is 10.6 Å². The molecule has 0 aromatic heterocycles. The van der Waals surface area contributed by atoms with E-state index in [2.05, 4.69) is 10.6 Å². The van der Waals surface area contributed by atoms with Gasteiger partial charge in [0, 0.05) is 16.8 Å². The van der Waals surface area contributed by atoms with Crippen molar-refractivity contribution in [1.29, 1.82) is 0 Å². The molecule has 0 amide bonds. The summed E-state index contributed by atoms with van der Waals surface area (Å²) >= 11 is 0. The zero-order chi connectivity index (χ0) is 17.9. The van der Waals surface area contributed by atoms with Crippen molar-refractivity contribution in [2.45, 2.75) is 11.8 Å². The molecule has 0 saturated heterocycles. The second kappa shape index (κ2) is 5.01. The Bertz CT molecular complexity index is 1120. The molecule has 4 rings (SSSR count). The quantitative estimate of drug-likeness (QED) is 0.531.